The molecule has 2 aromatic carbocycles. The average Bonchev–Trinajstić information content (AvgIpc) is 2.65. The zero-order valence-corrected chi connectivity index (χ0v) is 16.5. The van der Waals surface area contributed by atoms with Crippen molar-refractivity contribution in [2.24, 2.45) is 0 Å². The first-order valence-corrected chi connectivity index (χ1v) is 9.49. The van der Waals surface area contributed by atoms with Gasteiger partial charge in [-0.1, -0.05) is 30.3 Å². The molecule has 0 saturated heterocycles. The van der Waals surface area contributed by atoms with Gasteiger partial charge < -0.3 is 10.6 Å². The fourth-order valence-electron chi connectivity index (χ4n) is 3.31. The van der Waals surface area contributed by atoms with Crippen LogP contribution >= 0.6 is 0 Å². The predicted octanol–water partition coefficient (Wildman–Crippen LogP) is 3.41. The van der Waals surface area contributed by atoms with E-state index >= 15 is 0 Å². The Morgan fingerprint density at radius 1 is 1.25 bits per heavy atom. The molecular weight excluding hydrogens is 357 g/mol. The highest BCUT2D eigenvalue weighted by Crippen LogP contribution is 2.33. The normalized spacial score (nSPS) is 16.1. The maximum absolute atomic E-state index is 13.5. The maximum Gasteiger partial charge on any atom is 0.228 e. The van der Waals surface area contributed by atoms with Crippen LogP contribution < -0.4 is 10.6 Å². The summed E-state index contributed by atoms with van der Waals surface area (Å²) in [6.45, 7) is 5.45. The number of hydrogen-bond donors (Lipinski definition) is 2. The SMILES string of the molecule is CC(C)N(C)Cc1ccccc1CNC(=O)C1CC(=O)Nc2cc(F)ccc21. The lowest BCUT2D eigenvalue weighted by molar-refractivity contribution is -0.126. The van der Waals surface area contributed by atoms with E-state index in [0.717, 1.165) is 17.7 Å². The maximum atomic E-state index is 13.5. The third-order valence-corrected chi connectivity index (χ3v) is 5.24. The molecule has 148 valence electrons. The number of benzene rings is 2. The molecule has 0 spiro atoms. The topological polar surface area (TPSA) is 61.4 Å². The molecule has 0 aliphatic carbocycles. The van der Waals surface area contributed by atoms with Crippen molar-refractivity contribution in [2.45, 2.75) is 45.3 Å². The highest BCUT2D eigenvalue weighted by Gasteiger charge is 2.30. The molecule has 5 nitrogen and oxygen atoms in total. The lowest BCUT2D eigenvalue weighted by atomic mass is 9.89. The van der Waals surface area contributed by atoms with E-state index in [1.54, 1.807) is 6.07 Å². The van der Waals surface area contributed by atoms with Crippen LogP contribution in [0.5, 0.6) is 0 Å². The Morgan fingerprint density at radius 3 is 2.68 bits per heavy atom. The summed E-state index contributed by atoms with van der Waals surface area (Å²) in [5.74, 6) is -1.56. The van der Waals surface area contributed by atoms with Gasteiger partial charge in [0.1, 0.15) is 5.82 Å². The van der Waals surface area contributed by atoms with Crippen molar-refractivity contribution in [1.82, 2.24) is 10.2 Å². The van der Waals surface area contributed by atoms with Crippen LogP contribution in [0.4, 0.5) is 10.1 Å². The van der Waals surface area contributed by atoms with Crippen LogP contribution in [-0.2, 0) is 22.7 Å². The number of carbonyl (C=O) groups is 2. The number of fused-ring (bicyclic) bond motifs is 1. The Kier molecular flexibility index (Phi) is 6.09. The highest BCUT2D eigenvalue weighted by molar-refractivity contribution is 6.01. The van der Waals surface area contributed by atoms with Gasteiger partial charge in [-0.05, 0) is 49.7 Å². The lowest BCUT2D eigenvalue weighted by Crippen LogP contribution is -2.35. The van der Waals surface area contributed by atoms with Crippen molar-refractivity contribution < 1.29 is 14.0 Å². The molecule has 2 N–H and O–H groups in total. The summed E-state index contributed by atoms with van der Waals surface area (Å²) < 4.78 is 13.5. The number of nitrogens with one attached hydrogen (secondary N) is 2. The zero-order chi connectivity index (χ0) is 20.3. The standard InChI is InChI=1S/C22H26FN3O2/c1-14(2)26(3)13-16-7-5-4-6-15(16)12-24-22(28)19-11-21(27)25-20-10-17(23)8-9-18(19)20/h4-10,14,19H,11-13H2,1-3H3,(H,24,28)(H,25,27). The molecule has 6 heteroatoms. The number of halogens is 1. The lowest BCUT2D eigenvalue weighted by Gasteiger charge is -2.25. The molecule has 1 aliphatic heterocycles. The molecule has 3 rings (SSSR count). The third kappa shape index (κ3) is 4.57. The first-order valence-electron chi connectivity index (χ1n) is 9.49. The molecule has 0 aromatic heterocycles. The molecule has 28 heavy (non-hydrogen) atoms. The number of hydrogen-bond acceptors (Lipinski definition) is 3. The monoisotopic (exact) mass is 383 g/mol. The molecule has 1 unspecified atom stereocenters. The fourth-order valence-corrected chi connectivity index (χ4v) is 3.31. The second-order valence-electron chi connectivity index (χ2n) is 7.53. The van der Waals surface area contributed by atoms with Gasteiger partial charge in [-0.2, -0.15) is 0 Å². The van der Waals surface area contributed by atoms with Crippen molar-refractivity contribution in [3.8, 4) is 0 Å². The van der Waals surface area contributed by atoms with Gasteiger partial charge in [-0.3, -0.25) is 14.5 Å². The van der Waals surface area contributed by atoms with E-state index in [4.69, 9.17) is 0 Å². The largest absolute Gasteiger partial charge is 0.351 e. The molecule has 0 saturated carbocycles. The zero-order valence-electron chi connectivity index (χ0n) is 16.5. The Labute approximate surface area is 164 Å². The number of anilines is 1. The summed E-state index contributed by atoms with van der Waals surface area (Å²) in [5.41, 5.74) is 3.22. The minimum absolute atomic E-state index is 0.0577. The van der Waals surface area contributed by atoms with Gasteiger partial charge in [0.25, 0.3) is 0 Å². The van der Waals surface area contributed by atoms with Gasteiger partial charge >= 0.3 is 0 Å². The Balaban J connectivity index is 1.73. The Morgan fingerprint density at radius 2 is 1.96 bits per heavy atom. The fraction of sp³-hybridized carbons (Fsp3) is 0.364. The summed E-state index contributed by atoms with van der Waals surface area (Å²) in [6, 6.07) is 12.6. The molecule has 1 atom stereocenters. The van der Waals surface area contributed by atoms with Crippen molar-refractivity contribution in [3.63, 3.8) is 0 Å². The van der Waals surface area contributed by atoms with E-state index in [9.17, 15) is 14.0 Å². The third-order valence-electron chi connectivity index (χ3n) is 5.24. The first kappa shape index (κ1) is 20.0. The summed E-state index contributed by atoms with van der Waals surface area (Å²) in [7, 11) is 2.07. The molecule has 0 radical (unpaired) electrons. The highest BCUT2D eigenvalue weighted by atomic mass is 19.1. The molecule has 0 bridgehead atoms. The van der Waals surface area contributed by atoms with Crippen molar-refractivity contribution in [2.75, 3.05) is 12.4 Å². The quantitative estimate of drug-likeness (QED) is 0.804. The predicted molar refractivity (Wildman–Crippen MR) is 107 cm³/mol. The average molecular weight is 383 g/mol. The number of rotatable bonds is 6. The number of carbonyl (C=O) groups excluding carboxylic acids is 2. The second kappa shape index (κ2) is 8.52. The summed E-state index contributed by atoms with van der Waals surface area (Å²) in [6.07, 6.45) is 0.0577. The molecular formula is C22H26FN3O2. The van der Waals surface area contributed by atoms with Crippen LogP contribution in [0.3, 0.4) is 0 Å². The summed E-state index contributed by atoms with van der Waals surface area (Å²) in [4.78, 5) is 27.0. The van der Waals surface area contributed by atoms with Crippen LogP contribution in [0.25, 0.3) is 0 Å². The second-order valence-corrected chi connectivity index (χ2v) is 7.53. The van der Waals surface area contributed by atoms with Gasteiger partial charge in [0.2, 0.25) is 11.8 Å². The Bertz CT molecular complexity index is 882. The summed E-state index contributed by atoms with van der Waals surface area (Å²) >= 11 is 0. The van der Waals surface area contributed by atoms with Crippen molar-refractivity contribution in [1.29, 1.82) is 0 Å². The van der Waals surface area contributed by atoms with E-state index in [-0.39, 0.29) is 18.2 Å². The first-order chi connectivity index (χ1) is 13.3. The number of nitrogens with zero attached hydrogens (tertiary/aromatic N) is 1. The van der Waals surface area contributed by atoms with Crippen LogP contribution in [0.1, 0.15) is 42.9 Å². The van der Waals surface area contributed by atoms with E-state index in [1.165, 1.54) is 12.1 Å². The van der Waals surface area contributed by atoms with Crippen LogP contribution in [-0.4, -0.2) is 29.8 Å². The minimum atomic E-state index is -0.616. The van der Waals surface area contributed by atoms with E-state index in [2.05, 4.69) is 42.5 Å². The number of amides is 2. The summed E-state index contributed by atoms with van der Waals surface area (Å²) in [5, 5.41) is 5.59. The molecule has 1 heterocycles. The molecule has 0 fully saturated rings. The van der Waals surface area contributed by atoms with Crippen LogP contribution in [0.2, 0.25) is 0 Å². The van der Waals surface area contributed by atoms with Gasteiger partial charge in [0.15, 0.2) is 0 Å². The van der Waals surface area contributed by atoms with Crippen LogP contribution in [0, 0.1) is 5.82 Å². The van der Waals surface area contributed by atoms with E-state index < -0.39 is 11.7 Å². The van der Waals surface area contributed by atoms with Gasteiger partial charge in [-0.25, -0.2) is 4.39 Å². The van der Waals surface area contributed by atoms with Crippen LogP contribution in [0.15, 0.2) is 42.5 Å². The molecule has 1 aliphatic rings. The smallest absolute Gasteiger partial charge is 0.228 e. The Hall–Kier alpha value is -2.73. The van der Waals surface area contributed by atoms with E-state index in [0.29, 0.717) is 23.8 Å². The van der Waals surface area contributed by atoms with Gasteiger partial charge in [0.05, 0.1) is 5.92 Å². The minimum Gasteiger partial charge on any atom is -0.351 e. The van der Waals surface area contributed by atoms with Gasteiger partial charge in [0, 0.05) is 31.2 Å². The molecule has 2 amide bonds. The molecule has 2 aromatic rings. The van der Waals surface area contributed by atoms with E-state index in [1.807, 2.05) is 18.2 Å². The van der Waals surface area contributed by atoms with Crippen molar-refractivity contribution in [3.05, 3.63) is 65.0 Å². The van der Waals surface area contributed by atoms with Crippen molar-refractivity contribution >= 4 is 17.5 Å². The van der Waals surface area contributed by atoms with Gasteiger partial charge in [-0.15, -0.1) is 0 Å².